The number of aryl methyl sites for hydroxylation is 1. The minimum absolute atomic E-state index is 0.174. The van der Waals surface area contributed by atoms with Crippen molar-refractivity contribution in [2.24, 2.45) is 0 Å². The lowest BCUT2D eigenvalue weighted by molar-refractivity contribution is 0.0661. The van der Waals surface area contributed by atoms with Crippen LogP contribution in [0.4, 0.5) is 4.39 Å². The zero-order valence-corrected chi connectivity index (χ0v) is 12.0. The number of likely N-dealkylation sites (N-methyl/N-ethyl adjacent to an activating group) is 1. The summed E-state index contributed by atoms with van der Waals surface area (Å²) in [5.74, 6) is -0.174. The van der Waals surface area contributed by atoms with Crippen LogP contribution in [0, 0.1) is 12.7 Å². The van der Waals surface area contributed by atoms with Crippen LogP contribution < -0.4 is 5.32 Å². The monoisotopic (exact) mass is 269 g/mol. The second-order valence-corrected chi connectivity index (χ2v) is 4.65. The quantitative estimate of drug-likeness (QED) is 0.698. The van der Waals surface area contributed by atoms with Crippen molar-refractivity contribution in [1.82, 2.24) is 5.32 Å². The van der Waals surface area contributed by atoms with Gasteiger partial charge in [0.25, 0.3) is 0 Å². The second kappa shape index (κ2) is 9.02. The summed E-state index contributed by atoms with van der Waals surface area (Å²) in [6.45, 7) is 3.93. The summed E-state index contributed by atoms with van der Waals surface area (Å²) in [7, 11) is 3.58. The van der Waals surface area contributed by atoms with Crippen LogP contribution in [0.25, 0.3) is 0 Å². The Morgan fingerprint density at radius 3 is 2.74 bits per heavy atom. The van der Waals surface area contributed by atoms with Crippen LogP contribution in [-0.4, -0.2) is 40.0 Å². The van der Waals surface area contributed by atoms with Gasteiger partial charge in [-0.1, -0.05) is 6.07 Å². The second-order valence-electron chi connectivity index (χ2n) is 4.65. The predicted octanol–water partition coefficient (Wildman–Crippen LogP) is 2.32. The lowest BCUT2D eigenvalue weighted by Gasteiger charge is -2.17. The van der Waals surface area contributed by atoms with Gasteiger partial charge >= 0.3 is 0 Å². The third-order valence-corrected chi connectivity index (χ3v) is 3.23. The molecule has 0 aliphatic rings. The molecule has 19 heavy (non-hydrogen) atoms. The molecule has 0 radical (unpaired) electrons. The van der Waals surface area contributed by atoms with Crippen molar-refractivity contribution in [2.75, 3.05) is 34.0 Å². The van der Waals surface area contributed by atoms with Crippen LogP contribution in [0.1, 0.15) is 17.5 Å². The van der Waals surface area contributed by atoms with E-state index in [0.717, 1.165) is 24.0 Å². The van der Waals surface area contributed by atoms with Crippen molar-refractivity contribution in [3.63, 3.8) is 0 Å². The van der Waals surface area contributed by atoms with E-state index in [1.54, 1.807) is 13.2 Å². The predicted molar refractivity (Wildman–Crippen MR) is 75.0 cm³/mol. The first kappa shape index (κ1) is 16.1. The molecular formula is C15H24FNO2. The molecule has 4 heteroatoms. The first-order valence-electron chi connectivity index (χ1n) is 6.66. The lowest BCUT2D eigenvalue weighted by Crippen LogP contribution is -2.29. The van der Waals surface area contributed by atoms with E-state index in [2.05, 4.69) is 5.32 Å². The molecule has 0 amide bonds. The van der Waals surface area contributed by atoms with Gasteiger partial charge in [0.15, 0.2) is 0 Å². The van der Waals surface area contributed by atoms with E-state index in [4.69, 9.17) is 9.47 Å². The van der Waals surface area contributed by atoms with Crippen LogP contribution in [0.3, 0.4) is 0 Å². The van der Waals surface area contributed by atoms with Crippen molar-refractivity contribution < 1.29 is 13.9 Å². The SMILES string of the molecule is CNC(CCOCCOC)Cc1cc(F)ccc1C. The van der Waals surface area contributed by atoms with Gasteiger partial charge in [-0.15, -0.1) is 0 Å². The number of nitrogens with one attached hydrogen (secondary N) is 1. The maximum atomic E-state index is 13.2. The fourth-order valence-corrected chi connectivity index (χ4v) is 1.94. The van der Waals surface area contributed by atoms with Crippen LogP contribution in [-0.2, 0) is 15.9 Å². The van der Waals surface area contributed by atoms with Gasteiger partial charge in [0.2, 0.25) is 0 Å². The van der Waals surface area contributed by atoms with Crippen LogP contribution in [0.5, 0.6) is 0 Å². The highest BCUT2D eigenvalue weighted by Crippen LogP contribution is 2.13. The molecule has 0 saturated heterocycles. The molecule has 0 spiro atoms. The van der Waals surface area contributed by atoms with Gasteiger partial charge in [-0.05, 0) is 50.1 Å². The number of methoxy groups -OCH3 is 1. The van der Waals surface area contributed by atoms with E-state index in [0.29, 0.717) is 25.9 Å². The molecule has 0 aromatic heterocycles. The summed E-state index contributed by atoms with van der Waals surface area (Å²) in [4.78, 5) is 0. The Labute approximate surface area is 115 Å². The van der Waals surface area contributed by atoms with Gasteiger partial charge in [-0.25, -0.2) is 4.39 Å². The highest BCUT2D eigenvalue weighted by Gasteiger charge is 2.10. The fourth-order valence-electron chi connectivity index (χ4n) is 1.94. The number of halogens is 1. The molecule has 1 unspecified atom stereocenters. The number of rotatable bonds is 9. The Morgan fingerprint density at radius 2 is 2.05 bits per heavy atom. The fraction of sp³-hybridized carbons (Fsp3) is 0.600. The molecule has 1 rings (SSSR count). The lowest BCUT2D eigenvalue weighted by atomic mass is 9.99. The summed E-state index contributed by atoms with van der Waals surface area (Å²) < 4.78 is 23.6. The van der Waals surface area contributed by atoms with Crippen molar-refractivity contribution in [1.29, 1.82) is 0 Å². The molecule has 0 bridgehead atoms. The van der Waals surface area contributed by atoms with Crippen molar-refractivity contribution in [3.05, 3.63) is 35.1 Å². The van der Waals surface area contributed by atoms with Crippen LogP contribution in [0.2, 0.25) is 0 Å². The van der Waals surface area contributed by atoms with Gasteiger partial charge in [-0.2, -0.15) is 0 Å². The average molecular weight is 269 g/mol. The molecule has 1 aromatic rings. The zero-order valence-electron chi connectivity index (χ0n) is 12.0. The molecule has 1 N–H and O–H groups in total. The standard InChI is InChI=1S/C15H24FNO2/c1-12-4-5-14(16)10-13(12)11-15(17-2)6-7-19-9-8-18-3/h4-5,10,15,17H,6-9,11H2,1-3H3. The molecule has 1 aromatic carbocycles. The first-order chi connectivity index (χ1) is 9.17. The largest absolute Gasteiger partial charge is 0.382 e. The maximum absolute atomic E-state index is 13.2. The molecule has 1 atom stereocenters. The van der Waals surface area contributed by atoms with Crippen molar-refractivity contribution in [2.45, 2.75) is 25.8 Å². The molecule has 108 valence electrons. The minimum atomic E-state index is -0.174. The van der Waals surface area contributed by atoms with Crippen LogP contribution >= 0.6 is 0 Å². The summed E-state index contributed by atoms with van der Waals surface area (Å²) >= 11 is 0. The third kappa shape index (κ3) is 6.14. The molecule has 3 nitrogen and oxygen atoms in total. The molecule has 0 fully saturated rings. The Bertz CT molecular complexity index is 371. The van der Waals surface area contributed by atoms with E-state index < -0.39 is 0 Å². The normalized spacial score (nSPS) is 12.6. The number of benzene rings is 1. The topological polar surface area (TPSA) is 30.5 Å². The highest BCUT2D eigenvalue weighted by molar-refractivity contribution is 5.27. The average Bonchev–Trinajstić information content (AvgIpc) is 2.41. The van der Waals surface area contributed by atoms with E-state index in [1.807, 2.05) is 20.0 Å². The number of hydrogen-bond donors (Lipinski definition) is 1. The smallest absolute Gasteiger partial charge is 0.123 e. The summed E-state index contributed by atoms with van der Waals surface area (Å²) in [5, 5.41) is 3.25. The molecular weight excluding hydrogens is 245 g/mol. The van der Waals surface area contributed by atoms with Gasteiger partial charge < -0.3 is 14.8 Å². The van der Waals surface area contributed by atoms with E-state index in [9.17, 15) is 4.39 Å². The van der Waals surface area contributed by atoms with Gasteiger partial charge in [0.1, 0.15) is 5.82 Å². The maximum Gasteiger partial charge on any atom is 0.123 e. The van der Waals surface area contributed by atoms with E-state index in [-0.39, 0.29) is 5.82 Å². The Balaban J connectivity index is 2.41. The summed E-state index contributed by atoms with van der Waals surface area (Å²) in [6.07, 6.45) is 1.71. The number of ether oxygens (including phenoxy) is 2. The zero-order chi connectivity index (χ0) is 14.1. The summed E-state index contributed by atoms with van der Waals surface area (Å²) in [6, 6.07) is 5.24. The van der Waals surface area contributed by atoms with Gasteiger partial charge in [0.05, 0.1) is 13.2 Å². The van der Waals surface area contributed by atoms with Gasteiger partial charge in [-0.3, -0.25) is 0 Å². The number of hydrogen-bond acceptors (Lipinski definition) is 3. The van der Waals surface area contributed by atoms with E-state index in [1.165, 1.54) is 6.07 Å². The first-order valence-corrected chi connectivity index (χ1v) is 6.66. The Hall–Kier alpha value is -0.970. The molecule has 0 heterocycles. The van der Waals surface area contributed by atoms with Gasteiger partial charge in [0, 0.05) is 19.8 Å². The summed E-state index contributed by atoms with van der Waals surface area (Å²) in [5.41, 5.74) is 2.18. The Kier molecular flexibility index (Phi) is 7.63. The molecule has 0 saturated carbocycles. The Morgan fingerprint density at radius 1 is 1.26 bits per heavy atom. The van der Waals surface area contributed by atoms with Crippen molar-refractivity contribution >= 4 is 0 Å². The minimum Gasteiger partial charge on any atom is -0.382 e. The third-order valence-electron chi connectivity index (χ3n) is 3.23. The highest BCUT2D eigenvalue weighted by atomic mass is 19.1. The molecule has 0 aliphatic carbocycles. The van der Waals surface area contributed by atoms with Crippen LogP contribution in [0.15, 0.2) is 18.2 Å². The molecule has 0 aliphatic heterocycles. The van der Waals surface area contributed by atoms with E-state index >= 15 is 0 Å². The van der Waals surface area contributed by atoms with Crippen molar-refractivity contribution in [3.8, 4) is 0 Å².